The molecule has 0 unspecified atom stereocenters. The summed E-state index contributed by atoms with van der Waals surface area (Å²) in [6.07, 6.45) is 0.155. The molecular weight excluding hydrogens is 398 g/mol. The summed E-state index contributed by atoms with van der Waals surface area (Å²) in [4.78, 5) is 35.7. The van der Waals surface area contributed by atoms with Gasteiger partial charge in [-0.2, -0.15) is 0 Å². The highest BCUT2D eigenvalue weighted by atomic mass is 16.6. The Kier molecular flexibility index (Phi) is 8.43. The summed E-state index contributed by atoms with van der Waals surface area (Å²) in [6, 6.07) is 14.2. The van der Waals surface area contributed by atoms with Gasteiger partial charge in [-0.25, -0.2) is 4.79 Å². The van der Waals surface area contributed by atoms with E-state index in [4.69, 9.17) is 9.47 Å². The van der Waals surface area contributed by atoms with E-state index in [1.807, 2.05) is 31.2 Å². The van der Waals surface area contributed by atoms with Gasteiger partial charge in [-0.1, -0.05) is 25.1 Å². The van der Waals surface area contributed by atoms with Gasteiger partial charge in [0, 0.05) is 11.4 Å². The maximum atomic E-state index is 12.1. The van der Waals surface area contributed by atoms with E-state index in [9.17, 15) is 14.4 Å². The minimum Gasteiger partial charge on any atom is -0.483 e. The summed E-state index contributed by atoms with van der Waals surface area (Å²) in [5.74, 6) is 0.00749. The second-order valence-corrected chi connectivity index (χ2v) is 7.78. The fourth-order valence-electron chi connectivity index (χ4n) is 2.59. The predicted molar refractivity (Wildman–Crippen MR) is 119 cm³/mol. The second-order valence-electron chi connectivity index (χ2n) is 7.78. The minimum absolute atomic E-state index is 0.105. The van der Waals surface area contributed by atoms with Gasteiger partial charge in [0.25, 0.3) is 5.91 Å². The Morgan fingerprint density at radius 1 is 0.871 bits per heavy atom. The van der Waals surface area contributed by atoms with Gasteiger partial charge in [-0.3, -0.25) is 9.59 Å². The molecule has 0 atom stereocenters. The van der Waals surface area contributed by atoms with E-state index in [2.05, 4.69) is 16.0 Å². The number of ether oxygens (including phenoxy) is 2. The standard InChI is InChI=1S/C23H29N3O5/c1-5-16-8-6-7-9-19(16)30-15-21(28)26-18-12-10-17(11-13-18)25-20(27)14-24-22(29)31-23(2,3)4/h6-13H,5,14-15H2,1-4H3,(H,24,29)(H,25,27)(H,26,28). The van der Waals surface area contributed by atoms with Crippen LogP contribution in [-0.4, -0.2) is 36.7 Å². The van der Waals surface area contributed by atoms with Crippen LogP contribution in [0.15, 0.2) is 48.5 Å². The third-order valence-corrected chi connectivity index (χ3v) is 3.96. The first-order chi connectivity index (χ1) is 14.7. The van der Waals surface area contributed by atoms with E-state index in [1.165, 1.54) is 0 Å². The van der Waals surface area contributed by atoms with Crippen LogP contribution in [0.2, 0.25) is 0 Å². The van der Waals surface area contributed by atoms with Crippen molar-refractivity contribution in [1.82, 2.24) is 5.32 Å². The van der Waals surface area contributed by atoms with Gasteiger partial charge in [0.15, 0.2) is 6.61 Å². The highest BCUT2D eigenvalue weighted by molar-refractivity contribution is 5.95. The molecule has 0 saturated heterocycles. The molecule has 2 aromatic rings. The summed E-state index contributed by atoms with van der Waals surface area (Å²) >= 11 is 0. The zero-order valence-electron chi connectivity index (χ0n) is 18.3. The molecule has 2 aromatic carbocycles. The Morgan fingerprint density at radius 3 is 2.03 bits per heavy atom. The van der Waals surface area contributed by atoms with Crippen LogP contribution in [0.25, 0.3) is 0 Å². The van der Waals surface area contributed by atoms with Crippen molar-refractivity contribution in [3.63, 3.8) is 0 Å². The number of alkyl carbamates (subject to hydrolysis) is 1. The molecule has 3 amide bonds. The SMILES string of the molecule is CCc1ccccc1OCC(=O)Nc1ccc(NC(=O)CNC(=O)OC(C)(C)C)cc1. The molecule has 0 saturated carbocycles. The number of hydrogen-bond acceptors (Lipinski definition) is 5. The predicted octanol–water partition coefficient (Wildman–Crippen LogP) is 3.73. The lowest BCUT2D eigenvalue weighted by molar-refractivity contribution is -0.118. The molecule has 3 N–H and O–H groups in total. The smallest absolute Gasteiger partial charge is 0.408 e. The fraction of sp³-hybridized carbons (Fsp3) is 0.348. The van der Waals surface area contributed by atoms with Crippen LogP contribution in [0.1, 0.15) is 33.3 Å². The maximum absolute atomic E-state index is 12.1. The van der Waals surface area contributed by atoms with Crippen LogP contribution >= 0.6 is 0 Å². The van der Waals surface area contributed by atoms with E-state index < -0.39 is 17.6 Å². The van der Waals surface area contributed by atoms with Crippen molar-refractivity contribution in [2.75, 3.05) is 23.8 Å². The summed E-state index contributed by atoms with van der Waals surface area (Å²) in [5, 5.41) is 7.78. The van der Waals surface area contributed by atoms with Gasteiger partial charge in [0.1, 0.15) is 17.9 Å². The molecular formula is C23H29N3O5. The molecule has 0 aliphatic carbocycles. The van der Waals surface area contributed by atoms with Gasteiger partial charge in [-0.05, 0) is 63.1 Å². The largest absolute Gasteiger partial charge is 0.483 e. The van der Waals surface area contributed by atoms with Crippen LogP contribution in [0, 0.1) is 0 Å². The van der Waals surface area contributed by atoms with Gasteiger partial charge >= 0.3 is 6.09 Å². The molecule has 0 heterocycles. The van der Waals surface area contributed by atoms with Crippen molar-refractivity contribution < 1.29 is 23.9 Å². The zero-order chi connectivity index (χ0) is 22.9. The van der Waals surface area contributed by atoms with Crippen LogP contribution in [0.4, 0.5) is 16.2 Å². The van der Waals surface area contributed by atoms with Gasteiger partial charge in [-0.15, -0.1) is 0 Å². The van der Waals surface area contributed by atoms with Crippen molar-refractivity contribution in [3.05, 3.63) is 54.1 Å². The lowest BCUT2D eigenvalue weighted by atomic mass is 10.1. The number of amides is 3. The van der Waals surface area contributed by atoms with E-state index >= 15 is 0 Å². The summed E-state index contributed by atoms with van der Waals surface area (Å²) in [7, 11) is 0. The van der Waals surface area contributed by atoms with Gasteiger partial charge < -0.3 is 25.4 Å². The molecule has 0 aliphatic heterocycles. The zero-order valence-corrected chi connectivity index (χ0v) is 18.3. The molecule has 0 bridgehead atoms. The molecule has 0 spiro atoms. The minimum atomic E-state index is -0.663. The van der Waals surface area contributed by atoms with Crippen molar-refractivity contribution in [3.8, 4) is 5.75 Å². The lowest BCUT2D eigenvalue weighted by Gasteiger charge is -2.19. The molecule has 0 radical (unpaired) electrons. The second kappa shape index (κ2) is 11.0. The third kappa shape index (κ3) is 8.77. The lowest BCUT2D eigenvalue weighted by Crippen LogP contribution is -2.37. The molecule has 31 heavy (non-hydrogen) atoms. The number of hydrogen-bond donors (Lipinski definition) is 3. The first-order valence-corrected chi connectivity index (χ1v) is 10.0. The van der Waals surface area contributed by atoms with Gasteiger partial charge in [0.2, 0.25) is 5.91 Å². The average Bonchev–Trinajstić information content (AvgIpc) is 2.71. The van der Waals surface area contributed by atoms with Crippen LogP contribution in [-0.2, 0) is 20.7 Å². The van der Waals surface area contributed by atoms with Crippen molar-refractivity contribution in [1.29, 1.82) is 0 Å². The molecule has 8 nitrogen and oxygen atoms in total. The van der Waals surface area contributed by atoms with E-state index in [0.29, 0.717) is 17.1 Å². The molecule has 0 aromatic heterocycles. The number of benzene rings is 2. The van der Waals surface area contributed by atoms with Crippen LogP contribution < -0.4 is 20.7 Å². The van der Waals surface area contributed by atoms with Crippen molar-refractivity contribution in [2.24, 2.45) is 0 Å². The number of carbonyl (C=O) groups is 3. The Morgan fingerprint density at radius 2 is 1.45 bits per heavy atom. The Labute approximate surface area is 182 Å². The maximum Gasteiger partial charge on any atom is 0.408 e. The number of rotatable bonds is 8. The Hall–Kier alpha value is -3.55. The molecule has 0 fully saturated rings. The average molecular weight is 428 g/mol. The number of carbonyl (C=O) groups excluding carboxylic acids is 3. The number of para-hydroxylation sites is 1. The molecule has 8 heteroatoms. The monoisotopic (exact) mass is 427 g/mol. The molecule has 2 rings (SSSR count). The first kappa shape index (κ1) is 23.7. The Bertz CT molecular complexity index is 904. The first-order valence-electron chi connectivity index (χ1n) is 10.0. The van der Waals surface area contributed by atoms with Gasteiger partial charge in [0.05, 0.1) is 0 Å². The fourth-order valence-corrected chi connectivity index (χ4v) is 2.59. The van der Waals surface area contributed by atoms with E-state index in [-0.39, 0.29) is 19.1 Å². The highest BCUT2D eigenvalue weighted by Crippen LogP contribution is 2.18. The molecule has 166 valence electrons. The van der Waals surface area contributed by atoms with E-state index in [1.54, 1.807) is 45.0 Å². The quantitative estimate of drug-likeness (QED) is 0.595. The summed E-state index contributed by atoms with van der Waals surface area (Å²) in [6.45, 7) is 6.92. The molecule has 0 aliphatic rings. The number of nitrogens with one attached hydrogen (secondary N) is 3. The van der Waals surface area contributed by atoms with Crippen LogP contribution in [0.5, 0.6) is 5.75 Å². The van der Waals surface area contributed by atoms with Crippen LogP contribution in [0.3, 0.4) is 0 Å². The summed E-state index contributed by atoms with van der Waals surface area (Å²) < 4.78 is 10.7. The topological polar surface area (TPSA) is 106 Å². The van der Waals surface area contributed by atoms with E-state index in [0.717, 1.165) is 12.0 Å². The number of aryl methyl sites for hydroxylation is 1. The summed E-state index contributed by atoms with van der Waals surface area (Å²) in [5.41, 5.74) is 1.51. The highest BCUT2D eigenvalue weighted by Gasteiger charge is 2.16. The van der Waals surface area contributed by atoms with Crippen molar-refractivity contribution in [2.45, 2.75) is 39.7 Å². The Balaban J connectivity index is 1.77. The van der Waals surface area contributed by atoms with Crippen molar-refractivity contribution >= 4 is 29.3 Å². The third-order valence-electron chi connectivity index (χ3n) is 3.96. The normalized spacial score (nSPS) is 10.7. The number of anilines is 2.